The molecule has 8 nitrogen and oxygen atoms in total. The molecule has 0 spiro atoms. The van der Waals surface area contributed by atoms with Crippen molar-refractivity contribution in [2.45, 2.75) is 51.6 Å². The molecule has 4 N–H and O–H groups in total. The molecule has 42 heavy (non-hydrogen) atoms. The van der Waals surface area contributed by atoms with E-state index in [1.807, 2.05) is 66.9 Å². The zero-order valence-corrected chi connectivity index (χ0v) is 25.0. The summed E-state index contributed by atoms with van der Waals surface area (Å²) in [4.78, 5) is 32.5. The predicted molar refractivity (Wildman–Crippen MR) is 165 cm³/mol. The number of rotatable bonds is 13. The van der Waals surface area contributed by atoms with E-state index in [9.17, 15) is 19.8 Å². The van der Waals surface area contributed by atoms with Gasteiger partial charge in [-0.3, -0.25) is 9.59 Å². The third-order valence-electron chi connectivity index (χ3n) is 6.95. The molecule has 0 bridgehead atoms. The largest absolute Gasteiger partial charge is 0.390 e. The number of benzene rings is 3. The van der Waals surface area contributed by atoms with Gasteiger partial charge >= 0.3 is 0 Å². The van der Waals surface area contributed by atoms with E-state index in [-0.39, 0.29) is 18.4 Å². The monoisotopic (exact) mass is 586 g/mol. The first kappa shape index (κ1) is 31.1. The summed E-state index contributed by atoms with van der Waals surface area (Å²) >= 11 is 1.51. The van der Waals surface area contributed by atoms with Crippen LogP contribution in [-0.4, -0.2) is 57.6 Å². The summed E-state index contributed by atoms with van der Waals surface area (Å²) in [6, 6.07) is 23.4. The van der Waals surface area contributed by atoms with Crippen molar-refractivity contribution in [1.82, 2.24) is 20.5 Å². The molecular weight excluding hydrogens is 548 g/mol. The number of thiazole rings is 1. The Kier molecular flexibility index (Phi) is 11.0. The molecule has 0 saturated carbocycles. The van der Waals surface area contributed by atoms with Gasteiger partial charge in [0.2, 0.25) is 0 Å². The van der Waals surface area contributed by atoms with Crippen molar-refractivity contribution in [3.05, 3.63) is 123 Å². The fourth-order valence-corrected chi connectivity index (χ4v) is 5.46. The maximum absolute atomic E-state index is 13.4. The summed E-state index contributed by atoms with van der Waals surface area (Å²) in [5.41, 5.74) is 4.46. The van der Waals surface area contributed by atoms with E-state index < -0.39 is 18.2 Å². The van der Waals surface area contributed by atoms with E-state index >= 15 is 0 Å². The fraction of sp³-hybridized carbons (Fsp3) is 0.303. The Labute approximate surface area is 251 Å². The second kappa shape index (κ2) is 14.8. The van der Waals surface area contributed by atoms with Crippen LogP contribution < -0.4 is 10.6 Å². The number of nitrogens with zero attached hydrogens (tertiary/aromatic N) is 2. The Bertz CT molecular complexity index is 1470. The summed E-state index contributed by atoms with van der Waals surface area (Å²) in [6.45, 7) is 4.77. The topological polar surface area (TPSA) is 115 Å². The molecule has 1 unspecified atom stereocenters. The summed E-state index contributed by atoms with van der Waals surface area (Å²) in [5.74, 6) is -0.574. The Balaban J connectivity index is 1.42. The zero-order valence-electron chi connectivity index (χ0n) is 24.2. The van der Waals surface area contributed by atoms with Gasteiger partial charge in [0.1, 0.15) is 5.01 Å². The van der Waals surface area contributed by atoms with Gasteiger partial charge in [0.25, 0.3) is 11.8 Å². The van der Waals surface area contributed by atoms with E-state index in [0.717, 1.165) is 27.4 Å². The van der Waals surface area contributed by atoms with E-state index in [1.54, 1.807) is 43.1 Å². The van der Waals surface area contributed by atoms with Crippen molar-refractivity contribution in [2.75, 3.05) is 13.6 Å². The number of nitrogens with one attached hydrogen (secondary N) is 2. The van der Waals surface area contributed by atoms with Crippen molar-refractivity contribution in [2.24, 2.45) is 0 Å². The number of aliphatic hydroxyl groups excluding tert-OH is 2. The molecule has 0 saturated heterocycles. The summed E-state index contributed by atoms with van der Waals surface area (Å²) in [5, 5.41) is 30.1. The SMILES string of the molecule is Cc1csc(CN(C)C(=O)c2cccc(C(=O)N[C@@H](Cc3ccccc3)[C@H](O)CNCc3cccc(C(C)O)c3)c2)n1. The second-order valence-corrected chi connectivity index (χ2v) is 11.5. The summed E-state index contributed by atoms with van der Waals surface area (Å²) < 4.78 is 0. The van der Waals surface area contributed by atoms with Crippen LogP contribution in [0.3, 0.4) is 0 Å². The van der Waals surface area contributed by atoms with Crippen LogP contribution >= 0.6 is 11.3 Å². The molecule has 0 radical (unpaired) electrons. The molecule has 1 heterocycles. The maximum Gasteiger partial charge on any atom is 0.253 e. The molecule has 0 aliphatic heterocycles. The zero-order chi connectivity index (χ0) is 30.1. The third kappa shape index (κ3) is 8.80. The van der Waals surface area contributed by atoms with E-state index in [0.29, 0.717) is 30.6 Å². The number of carbonyl (C=O) groups is 2. The number of hydrogen-bond acceptors (Lipinski definition) is 7. The molecule has 2 amide bonds. The van der Waals surface area contributed by atoms with E-state index in [1.165, 1.54) is 11.3 Å². The van der Waals surface area contributed by atoms with Gasteiger partial charge < -0.3 is 25.7 Å². The van der Waals surface area contributed by atoms with E-state index in [4.69, 9.17) is 0 Å². The van der Waals surface area contributed by atoms with Gasteiger partial charge in [0, 0.05) is 42.3 Å². The standard InChI is InChI=1S/C33H38N4O4S/c1-22-21-42-31(35-22)20-37(3)33(41)28-14-8-13-27(17-28)32(40)36-29(16-24-9-5-4-6-10-24)30(39)19-34-18-25-11-7-12-26(15-25)23(2)38/h4-15,17,21,23,29-30,34,38-39H,16,18-20H2,1-3H3,(H,36,40)/t23?,29-,30+/m0/s1. The van der Waals surface area contributed by atoms with Crippen molar-refractivity contribution >= 4 is 23.2 Å². The van der Waals surface area contributed by atoms with Crippen LogP contribution in [0.4, 0.5) is 0 Å². The highest BCUT2D eigenvalue weighted by Gasteiger charge is 2.23. The number of aliphatic hydroxyl groups is 2. The molecule has 3 atom stereocenters. The first-order valence-corrected chi connectivity index (χ1v) is 14.8. The normalized spacial score (nSPS) is 13.3. The molecule has 4 rings (SSSR count). The number of aryl methyl sites for hydroxylation is 1. The van der Waals surface area contributed by atoms with Gasteiger partial charge in [-0.2, -0.15) is 0 Å². The Morgan fingerprint density at radius 3 is 2.38 bits per heavy atom. The lowest BCUT2D eigenvalue weighted by Crippen LogP contribution is -2.48. The van der Waals surface area contributed by atoms with Crippen LogP contribution in [0, 0.1) is 6.92 Å². The highest BCUT2D eigenvalue weighted by atomic mass is 32.1. The molecular formula is C33H38N4O4S. The lowest BCUT2D eigenvalue weighted by atomic mass is 10.00. The summed E-state index contributed by atoms with van der Waals surface area (Å²) in [6.07, 6.45) is -1.01. The highest BCUT2D eigenvalue weighted by Crippen LogP contribution is 2.16. The average Bonchev–Trinajstić information content (AvgIpc) is 3.41. The van der Waals surface area contributed by atoms with Crippen molar-refractivity contribution in [1.29, 1.82) is 0 Å². The van der Waals surface area contributed by atoms with Crippen molar-refractivity contribution < 1.29 is 19.8 Å². The fourth-order valence-electron chi connectivity index (χ4n) is 4.64. The quantitative estimate of drug-likeness (QED) is 0.186. The Morgan fingerprint density at radius 1 is 0.952 bits per heavy atom. The smallest absolute Gasteiger partial charge is 0.253 e. The minimum absolute atomic E-state index is 0.206. The number of amides is 2. The number of hydrogen-bond donors (Lipinski definition) is 4. The molecule has 0 aliphatic carbocycles. The molecule has 220 valence electrons. The first-order valence-electron chi connectivity index (χ1n) is 14.0. The van der Waals surface area contributed by atoms with Crippen molar-refractivity contribution in [3.8, 4) is 0 Å². The lowest BCUT2D eigenvalue weighted by molar-refractivity contribution is 0.0784. The number of carbonyl (C=O) groups excluding carboxylic acids is 2. The van der Waals surface area contributed by atoms with Crippen LogP contribution in [0.1, 0.15) is 61.1 Å². The molecule has 9 heteroatoms. The summed E-state index contributed by atoms with van der Waals surface area (Å²) in [7, 11) is 1.71. The van der Waals surface area contributed by atoms with Crippen LogP contribution in [0.2, 0.25) is 0 Å². The van der Waals surface area contributed by atoms with Crippen LogP contribution in [0.15, 0.2) is 84.2 Å². The van der Waals surface area contributed by atoms with Crippen molar-refractivity contribution in [3.63, 3.8) is 0 Å². The third-order valence-corrected chi connectivity index (χ3v) is 7.90. The van der Waals surface area contributed by atoms with Crippen LogP contribution in [0.5, 0.6) is 0 Å². The minimum Gasteiger partial charge on any atom is -0.390 e. The molecule has 0 aliphatic rings. The van der Waals surface area contributed by atoms with Gasteiger partial charge in [-0.1, -0.05) is 60.7 Å². The average molecular weight is 587 g/mol. The molecule has 1 aromatic heterocycles. The molecule has 0 fully saturated rings. The Hall–Kier alpha value is -3.89. The van der Waals surface area contributed by atoms with Gasteiger partial charge in [0.15, 0.2) is 0 Å². The first-order chi connectivity index (χ1) is 20.2. The second-order valence-electron chi connectivity index (χ2n) is 10.5. The van der Waals surface area contributed by atoms with Crippen LogP contribution in [0.25, 0.3) is 0 Å². The van der Waals surface area contributed by atoms with Gasteiger partial charge in [-0.05, 0) is 55.2 Å². The van der Waals surface area contributed by atoms with Crippen LogP contribution in [-0.2, 0) is 19.5 Å². The van der Waals surface area contributed by atoms with Gasteiger partial charge in [-0.15, -0.1) is 11.3 Å². The van der Waals surface area contributed by atoms with E-state index in [2.05, 4.69) is 15.6 Å². The Morgan fingerprint density at radius 2 is 1.67 bits per heavy atom. The molecule has 3 aromatic carbocycles. The van der Waals surface area contributed by atoms with Gasteiger partial charge in [0.05, 0.1) is 24.8 Å². The number of aromatic nitrogens is 1. The maximum atomic E-state index is 13.4. The van der Waals surface area contributed by atoms with Gasteiger partial charge in [-0.25, -0.2) is 4.98 Å². The lowest BCUT2D eigenvalue weighted by Gasteiger charge is -2.25. The highest BCUT2D eigenvalue weighted by molar-refractivity contribution is 7.09. The predicted octanol–water partition coefficient (Wildman–Crippen LogP) is 4.27. The minimum atomic E-state index is -0.883. The molecule has 4 aromatic rings.